The predicted octanol–water partition coefficient (Wildman–Crippen LogP) is 6.36. The van der Waals surface area contributed by atoms with Gasteiger partial charge in [0.25, 0.3) is 0 Å². The number of benzene rings is 3. The second kappa shape index (κ2) is 8.32. The Kier molecular flexibility index (Phi) is 5.59. The molecule has 0 bridgehead atoms. The van der Waals surface area contributed by atoms with E-state index in [-0.39, 0.29) is 5.78 Å². The number of hydrogen-bond acceptors (Lipinski definition) is 3. The first-order valence-electron chi connectivity index (χ1n) is 9.48. The van der Waals surface area contributed by atoms with Gasteiger partial charge in [-0.3, -0.25) is 4.79 Å². The van der Waals surface area contributed by atoms with E-state index in [1.807, 2.05) is 60.3 Å². The Morgan fingerprint density at radius 2 is 1.73 bits per heavy atom. The fourth-order valence-electron chi connectivity index (χ4n) is 3.49. The molecule has 0 spiro atoms. The SMILES string of the molecule is CNc1ccc2c(Sc3ccccc3C(C)=O)cn(Cc3cc(F)cc(F)c3)c2c1. The molecule has 1 heterocycles. The highest BCUT2D eigenvalue weighted by Gasteiger charge is 2.14. The van der Waals surface area contributed by atoms with Crippen LogP contribution >= 0.6 is 11.8 Å². The van der Waals surface area contributed by atoms with E-state index in [0.717, 1.165) is 32.4 Å². The first-order valence-corrected chi connectivity index (χ1v) is 10.3. The van der Waals surface area contributed by atoms with Crippen molar-refractivity contribution in [1.29, 1.82) is 0 Å². The topological polar surface area (TPSA) is 34.0 Å². The average Bonchev–Trinajstić information content (AvgIpc) is 3.04. The third-order valence-electron chi connectivity index (χ3n) is 4.90. The van der Waals surface area contributed by atoms with E-state index in [1.54, 1.807) is 6.92 Å². The van der Waals surface area contributed by atoms with Crippen molar-refractivity contribution in [3.8, 4) is 0 Å². The van der Waals surface area contributed by atoms with Gasteiger partial charge in [-0.15, -0.1) is 0 Å². The van der Waals surface area contributed by atoms with Crippen LogP contribution in [-0.2, 0) is 6.54 Å². The molecular weight excluding hydrogens is 402 g/mol. The van der Waals surface area contributed by atoms with E-state index in [0.29, 0.717) is 17.7 Å². The van der Waals surface area contributed by atoms with Crippen molar-refractivity contribution < 1.29 is 13.6 Å². The Hall–Kier alpha value is -3.12. The number of aromatic nitrogens is 1. The minimum atomic E-state index is -0.595. The van der Waals surface area contributed by atoms with Gasteiger partial charge in [0.15, 0.2) is 5.78 Å². The lowest BCUT2D eigenvalue weighted by Gasteiger charge is -2.07. The summed E-state index contributed by atoms with van der Waals surface area (Å²) in [6.45, 7) is 1.88. The molecule has 4 aromatic rings. The Balaban J connectivity index is 1.80. The van der Waals surface area contributed by atoms with Gasteiger partial charge in [-0.2, -0.15) is 0 Å². The second-order valence-electron chi connectivity index (χ2n) is 7.04. The molecule has 30 heavy (non-hydrogen) atoms. The molecule has 0 unspecified atom stereocenters. The molecule has 0 atom stereocenters. The van der Waals surface area contributed by atoms with Crippen molar-refractivity contribution in [2.45, 2.75) is 23.3 Å². The number of hydrogen-bond donors (Lipinski definition) is 1. The quantitative estimate of drug-likeness (QED) is 0.367. The minimum Gasteiger partial charge on any atom is -0.388 e. The smallest absolute Gasteiger partial charge is 0.160 e. The molecule has 0 aliphatic rings. The van der Waals surface area contributed by atoms with Crippen molar-refractivity contribution in [2.24, 2.45) is 0 Å². The lowest BCUT2D eigenvalue weighted by Crippen LogP contribution is -2.00. The van der Waals surface area contributed by atoms with Crippen LogP contribution in [0.25, 0.3) is 10.9 Å². The molecule has 1 aromatic heterocycles. The Bertz CT molecular complexity index is 1230. The van der Waals surface area contributed by atoms with Crippen LogP contribution in [0.1, 0.15) is 22.8 Å². The summed E-state index contributed by atoms with van der Waals surface area (Å²) in [5.41, 5.74) is 3.09. The highest BCUT2D eigenvalue weighted by Crippen LogP contribution is 2.38. The molecule has 152 valence electrons. The Labute approximate surface area is 177 Å². The predicted molar refractivity (Wildman–Crippen MR) is 118 cm³/mol. The van der Waals surface area contributed by atoms with Crippen molar-refractivity contribution in [3.05, 3.63) is 89.6 Å². The summed E-state index contributed by atoms with van der Waals surface area (Å²) in [4.78, 5) is 13.9. The molecule has 3 nitrogen and oxygen atoms in total. The van der Waals surface area contributed by atoms with Gasteiger partial charge in [0.05, 0.1) is 5.52 Å². The zero-order valence-electron chi connectivity index (χ0n) is 16.6. The summed E-state index contributed by atoms with van der Waals surface area (Å²) in [5, 5.41) is 4.14. The number of anilines is 1. The van der Waals surface area contributed by atoms with Gasteiger partial charge in [0.1, 0.15) is 11.6 Å². The number of halogens is 2. The Morgan fingerprint density at radius 3 is 2.43 bits per heavy atom. The molecule has 3 aromatic carbocycles. The molecule has 6 heteroatoms. The third-order valence-corrected chi connectivity index (χ3v) is 6.02. The van der Waals surface area contributed by atoms with Crippen LogP contribution < -0.4 is 5.32 Å². The van der Waals surface area contributed by atoms with E-state index in [2.05, 4.69) is 5.32 Å². The molecule has 0 saturated heterocycles. The van der Waals surface area contributed by atoms with Gasteiger partial charge in [-0.05, 0) is 48.9 Å². The van der Waals surface area contributed by atoms with Crippen molar-refractivity contribution in [3.63, 3.8) is 0 Å². The van der Waals surface area contributed by atoms with Gasteiger partial charge in [-0.25, -0.2) is 8.78 Å². The number of rotatable bonds is 6. The summed E-state index contributed by atoms with van der Waals surface area (Å²) >= 11 is 1.51. The first kappa shape index (κ1) is 20.2. The minimum absolute atomic E-state index is 0.00884. The van der Waals surface area contributed by atoms with Crippen LogP contribution in [0.4, 0.5) is 14.5 Å². The molecule has 4 rings (SSSR count). The van der Waals surface area contributed by atoms with Gasteiger partial charge >= 0.3 is 0 Å². The fourth-order valence-corrected chi connectivity index (χ4v) is 4.66. The average molecular weight is 423 g/mol. The normalized spacial score (nSPS) is 11.1. The van der Waals surface area contributed by atoms with E-state index >= 15 is 0 Å². The molecule has 0 aliphatic carbocycles. The summed E-state index contributed by atoms with van der Waals surface area (Å²) in [7, 11) is 1.84. The van der Waals surface area contributed by atoms with Gasteiger partial charge in [-0.1, -0.05) is 30.0 Å². The van der Waals surface area contributed by atoms with E-state index in [1.165, 1.54) is 23.9 Å². The number of ketones is 1. The highest BCUT2D eigenvalue weighted by atomic mass is 32.2. The van der Waals surface area contributed by atoms with Gasteiger partial charge in [0, 0.05) is 52.3 Å². The van der Waals surface area contributed by atoms with Crippen LogP contribution in [0.3, 0.4) is 0 Å². The number of nitrogens with zero attached hydrogens (tertiary/aromatic N) is 1. The van der Waals surface area contributed by atoms with Crippen LogP contribution in [-0.4, -0.2) is 17.4 Å². The third kappa shape index (κ3) is 4.09. The number of carbonyl (C=O) groups is 1. The number of nitrogens with one attached hydrogen (secondary N) is 1. The Morgan fingerprint density at radius 1 is 1.00 bits per heavy atom. The maximum Gasteiger partial charge on any atom is 0.160 e. The second-order valence-corrected chi connectivity index (χ2v) is 8.12. The van der Waals surface area contributed by atoms with Crippen molar-refractivity contribution >= 4 is 34.1 Å². The summed E-state index contributed by atoms with van der Waals surface area (Å²) in [5.74, 6) is -1.18. The summed E-state index contributed by atoms with van der Waals surface area (Å²) in [6, 6.07) is 17.1. The standard InChI is InChI=1S/C24H20F2N2OS/c1-15(29)20-5-3-4-6-23(20)30-24-14-28(13-16-9-17(25)11-18(26)10-16)22-12-19(27-2)7-8-21(22)24/h3-12,14,27H,13H2,1-2H3. The van der Waals surface area contributed by atoms with Crippen LogP contribution in [0.2, 0.25) is 0 Å². The van der Waals surface area contributed by atoms with Crippen LogP contribution in [0.15, 0.2) is 76.7 Å². The summed E-state index contributed by atoms with van der Waals surface area (Å²) in [6.07, 6.45) is 1.97. The molecule has 0 aliphatic heterocycles. The lowest BCUT2D eigenvalue weighted by atomic mass is 10.1. The molecular formula is C24H20F2N2OS. The van der Waals surface area contributed by atoms with E-state index in [4.69, 9.17) is 0 Å². The van der Waals surface area contributed by atoms with Crippen molar-refractivity contribution in [1.82, 2.24) is 4.57 Å². The number of fused-ring (bicyclic) bond motifs is 1. The molecule has 0 fully saturated rings. The van der Waals surface area contributed by atoms with Crippen molar-refractivity contribution in [2.75, 3.05) is 12.4 Å². The lowest BCUT2D eigenvalue weighted by molar-refractivity contribution is 0.101. The number of carbonyl (C=O) groups excluding carboxylic acids is 1. The van der Waals surface area contributed by atoms with Gasteiger partial charge in [0.2, 0.25) is 0 Å². The monoisotopic (exact) mass is 422 g/mol. The van der Waals surface area contributed by atoms with E-state index in [9.17, 15) is 13.6 Å². The summed E-state index contributed by atoms with van der Waals surface area (Å²) < 4.78 is 29.3. The first-order chi connectivity index (χ1) is 14.4. The highest BCUT2D eigenvalue weighted by molar-refractivity contribution is 7.99. The maximum absolute atomic E-state index is 13.7. The zero-order valence-corrected chi connectivity index (χ0v) is 17.4. The zero-order chi connectivity index (χ0) is 21.3. The molecule has 1 N–H and O–H groups in total. The molecule has 0 saturated carbocycles. The number of Topliss-reactive ketones (excluding diaryl/α,β-unsaturated/α-hetero) is 1. The molecule has 0 radical (unpaired) electrons. The fraction of sp³-hybridized carbons (Fsp3) is 0.125. The van der Waals surface area contributed by atoms with E-state index < -0.39 is 11.6 Å². The molecule has 0 amide bonds. The maximum atomic E-state index is 13.7. The van der Waals surface area contributed by atoms with Crippen LogP contribution in [0.5, 0.6) is 0 Å². The van der Waals surface area contributed by atoms with Gasteiger partial charge < -0.3 is 9.88 Å². The largest absolute Gasteiger partial charge is 0.388 e. The van der Waals surface area contributed by atoms with Crippen LogP contribution in [0, 0.1) is 11.6 Å².